The van der Waals surface area contributed by atoms with Gasteiger partial charge < -0.3 is 20.9 Å². The summed E-state index contributed by atoms with van der Waals surface area (Å²) < 4.78 is 0. The highest BCUT2D eigenvalue weighted by atomic mass is 16.1. The molecule has 1 saturated carbocycles. The Bertz CT molecular complexity index is 678. The number of rotatable bonds is 7. The van der Waals surface area contributed by atoms with E-state index in [1.165, 1.54) is 43.4 Å². The molecule has 6 heteroatoms. The van der Waals surface area contributed by atoms with Crippen LogP contribution in [0.25, 0.3) is 0 Å². The molecule has 1 heterocycles. The number of hydrogen-bond acceptors (Lipinski definition) is 3. The van der Waals surface area contributed by atoms with Gasteiger partial charge in [-0.05, 0) is 57.2 Å². The molecule has 1 aromatic carbocycles. The number of guanidine groups is 1. The number of benzene rings is 1. The van der Waals surface area contributed by atoms with Crippen molar-refractivity contribution in [1.82, 2.24) is 16.0 Å². The minimum atomic E-state index is 0.0118. The summed E-state index contributed by atoms with van der Waals surface area (Å²) in [5, 5.41) is 9.84. The molecular formula is C23H37N5O. The van der Waals surface area contributed by atoms with Gasteiger partial charge in [0.2, 0.25) is 5.91 Å². The van der Waals surface area contributed by atoms with Crippen LogP contribution in [0.3, 0.4) is 0 Å². The summed E-state index contributed by atoms with van der Waals surface area (Å²) in [6, 6.07) is 9.17. The van der Waals surface area contributed by atoms with Gasteiger partial charge in [-0.25, -0.2) is 4.99 Å². The smallest absolute Gasteiger partial charge is 0.242 e. The van der Waals surface area contributed by atoms with E-state index >= 15 is 0 Å². The topological polar surface area (TPSA) is 68.8 Å². The Labute approximate surface area is 175 Å². The molecular weight excluding hydrogens is 362 g/mol. The Morgan fingerprint density at radius 1 is 1.17 bits per heavy atom. The van der Waals surface area contributed by atoms with E-state index in [9.17, 15) is 4.79 Å². The van der Waals surface area contributed by atoms with E-state index in [0.717, 1.165) is 32.5 Å². The Morgan fingerprint density at radius 3 is 2.66 bits per heavy atom. The van der Waals surface area contributed by atoms with Gasteiger partial charge in [-0.15, -0.1) is 0 Å². The predicted molar refractivity (Wildman–Crippen MR) is 120 cm³/mol. The average Bonchev–Trinajstić information content (AvgIpc) is 3.28. The standard InChI is InChI=1S/C23H37N5O/c1-3-24-23(25-17-22(29)27-20-11-5-4-6-12-20)26-18(2)19-10-9-13-21(16-19)28-14-7-8-15-28/h9-10,13,16,18,20H,3-8,11-12,14-15,17H2,1-2H3,(H,27,29)(H2,24,25,26). The lowest BCUT2D eigenvalue weighted by Crippen LogP contribution is -2.41. The summed E-state index contributed by atoms with van der Waals surface area (Å²) in [6.45, 7) is 7.38. The van der Waals surface area contributed by atoms with Gasteiger partial charge in [0, 0.05) is 31.4 Å². The highest BCUT2D eigenvalue weighted by molar-refractivity contribution is 5.85. The minimum Gasteiger partial charge on any atom is -0.372 e. The van der Waals surface area contributed by atoms with Crippen molar-refractivity contribution in [3.05, 3.63) is 29.8 Å². The molecule has 0 radical (unpaired) electrons. The zero-order chi connectivity index (χ0) is 20.5. The number of hydrogen-bond donors (Lipinski definition) is 3. The molecule has 0 aromatic heterocycles. The highest BCUT2D eigenvalue weighted by Gasteiger charge is 2.16. The quantitative estimate of drug-likeness (QED) is 0.486. The van der Waals surface area contributed by atoms with Gasteiger partial charge in [-0.3, -0.25) is 4.79 Å². The number of anilines is 1. The molecule has 1 aromatic rings. The zero-order valence-electron chi connectivity index (χ0n) is 18.0. The van der Waals surface area contributed by atoms with Crippen LogP contribution in [0.5, 0.6) is 0 Å². The van der Waals surface area contributed by atoms with Gasteiger partial charge in [0.25, 0.3) is 0 Å². The lowest BCUT2D eigenvalue weighted by atomic mass is 9.95. The molecule has 1 aliphatic heterocycles. The molecule has 1 aliphatic carbocycles. The van der Waals surface area contributed by atoms with Gasteiger partial charge in [-0.1, -0.05) is 31.4 Å². The predicted octanol–water partition coefficient (Wildman–Crippen LogP) is 3.35. The van der Waals surface area contributed by atoms with Crippen LogP contribution >= 0.6 is 0 Å². The first kappa shape index (κ1) is 21.5. The Kier molecular flexibility index (Phi) is 8.20. The minimum absolute atomic E-state index is 0.0118. The maximum Gasteiger partial charge on any atom is 0.242 e. The van der Waals surface area contributed by atoms with E-state index in [4.69, 9.17) is 0 Å². The van der Waals surface area contributed by atoms with Crippen LogP contribution < -0.4 is 20.9 Å². The number of aliphatic imine (C=N–C) groups is 1. The van der Waals surface area contributed by atoms with Crippen molar-refractivity contribution in [2.24, 2.45) is 4.99 Å². The van der Waals surface area contributed by atoms with Crippen LogP contribution in [0.15, 0.2) is 29.3 Å². The summed E-state index contributed by atoms with van der Waals surface area (Å²) in [4.78, 5) is 19.3. The van der Waals surface area contributed by atoms with Crippen LogP contribution in [0.2, 0.25) is 0 Å². The van der Waals surface area contributed by atoms with Gasteiger partial charge in [0.05, 0.1) is 6.04 Å². The van der Waals surface area contributed by atoms with Crippen molar-refractivity contribution in [1.29, 1.82) is 0 Å². The van der Waals surface area contributed by atoms with Crippen LogP contribution in [-0.2, 0) is 4.79 Å². The molecule has 0 bridgehead atoms. The Balaban J connectivity index is 1.56. The van der Waals surface area contributed by atoms with E-state index in [2.05, 4.69) is 57.0 Å². The SMILES string of the molecule is CCNC(=NCC(=O)NC1CCCCC1)NC(C)c1cccc(N2CCCC2)c1. The Hall–Kier alpha value is -2.24. The largest absolute Gasteiger partial charge is 0.372 e. The number of nitrogens with one attached hydrogen (secondary N) is 3. The maximum absolute atomic E-state index is 12.3. The van der Waals surface area contributed by atoms with E-state index in [1.54, 1.807) is 0 Å². The fraction of sp³-hybridized carbons (Fsp3) is 0.652. The normalized spacial score (nSPS) is 19.1. The molecule has 0 spiro atoms. The summed E-state index contributed by atoms with van der Waals surface area (Å²) in [5.74, 6) is 0.697. The van der Waals surface area contributed by atoms with Crippen molar-refractivity contribution in [3.63, 3.8) is 0 Å². The van der Waals surface area contributed by atoms with Crippen LogP contribution in [-0.4, -0.2) is 44.1 Å². The first-order valence-corrected chi connectivity index (χ1v) is 11.3. The molecule has 1 amide bonds. The summed E-state index contributed by atoms with van der Waals surface area (Å²) >= 11 is 0. The van der Waals surface area contributed by atoms with E-state index < -0.39 is 0 Å². The number of carbonyl (C=O) groups is 1. The second kappa shape index (κ2) is 11.1. The van der Waals surface area contributed by atoms with Gasteiger partial charge in [-0.2, -0.15) is 0 Å². The van der Waals surface area contributed by atoms with Gasteiger partial charge in [0.15, 0.2) is 5.96 Å². The molecule has 160 valence electrons. The molecule has 3 rings (SSSR count). The van der Waals surface area contributed by atoms with Crippen molar-refractivity contribution >= 4 is 17.6 Å². The molecule has 1 atom stereocenters. The van der Waals surface area contributed by atoms with E-state index in [-0.39, 0.29) is 18.5 Å². The second-order valence-corrected chi connectivity index (χ2v) is 8.25. The number of nitrogens with zero attached hydrogens (tertiary/aromatic N) is 2. The first-order chi connectivity index (χ1) is 14.2. The summed E-state index contributed by atoms with van der Waals surface area (Å²) in [6.07, 6.45) is 8.46. The maximum atomic E-state index is 12.3. The third-order valence-corrected chi connectivity index (χ3v) is 5.89. The molecule has 3 N–H and O–H groups in total. The molecule has 29 heavy (non-hydrogen) atoms. The van der Waals surface area contributed by atoms with Crippen molar-refractivity contribution < 1.29 is 4.79 Å². The zero-order valence-corrected chi connectivity index (χ0v) is 18.0. The van der Waals surface area contributed by atoms with E-state index in [1.807, 2.05) is 6.92 Å². The molecule has 2 aliphatic rings. The van der Waals surface area contributed by atoms with Crippen LogP contribution in [0, 0.1) is 0 Å². The lowest BCUT2D eigenvalue weighted by Gasteiger charge is -2.23. The first-order valence-electron chi connectivity index (χ1n) is 11.3. The van der Waals surface area contributed by atoms with Gasteiger partial charge >= 0.3 is 0 Å². The van der Waals surface area contributed by atoms with Crippen LogP contribution in [0.4, 0.5) is 5.69 Å². The van der Waals surface area contributed by atoms with E-state index in [0.29, 0.717) is 12.0 Å². The summed E-state index contributed by atoms with van der Waals surface area (Å²) in [5.41, 5.74) is 2.52. The number of amides is 1. The van der Waals surface area contributed by atoms with Gasteiger partial charge in [0.1, 0.15) is 6.54 Å². The fourth-order valence-electron chi connectivity index (χ4n) is 4.25. The fourth-order valence-corrected chi connectivity index (χ4v) is 4.25. The second-order valence-electron chi connectivity index (χ2n) is 8.25. The lowest BCUT2D eigenvalue weighted by molar-refractivity contribution is -0.120. The number of carbonyl (C=O) groups excluding carboxylic acids is 1. The monoisotopic (exact) mass is 399 g/mol. The van der Waals surface area contributed by atoms with Crippen molar-refractivity contribution in [2.75, 3.05) is 31.1 Å². The molecule has 2 fully saturated rings. The van der Waals surface area contributed by atoms with Crippen LogP contribution in [0.1, 0.15) is 70.4 Å². The molecule has 1 saturated heterocycles. The average molecular weight is 400 g/mol. The Morgan fingerprint density at radius 2 is 1.93 bits per heavy atom. The summed E-state index contributed by atoms with van der Waals surface area (Å²) in [7, 11) is 0. The molecule has 1 unspecified atom stereocenters. The van der Waals surface area contributed by atoms with Crippen molar-refractivity contribution in [3.8, 4) is 0 Å². The third kappa shape index (κ3) is 6.65. The highest BCUT2D eigenvalue weighted by Crippen LogP contribution is 2.24. The third-order valence-electron chi connectivity index (χ3n) is 5.89. The molecule has 6 nitrogen and oxygen atoms in total. The van der Waals surface area contributed by atoms with Crippen molar-refractivity contribution in [2.45, 2.75) is 70.9 Å².